The Morgan fingerprint density at radius 2 is 1.88 bits per heavy atom. The molecule has 0 saturated carbocycles. The number of benzene rings is 1. The van der Waals surface area contributed by atoms with Gasteiger partial charge in [-0.15, -0.1) is 6.58 Å². The minimum absolute atomic E-state index is 0.783. The normalized spacial score (nSPS) is 9.94. The van der Waals surface area contributed by atoms with Gasteiger partial charge in [0.25, 0.3) is 0 Å². The lowest BCUT2D eigenvalue weighted by Gasteiger charge is -2.09. The molecule has 0 bridgehead atoms. The molecule has 0 radical (unpaired) electrons. The van der Waals surface area contributed by atoms with Crippen molar-refractivity contribution in [2.24, 2.45) is 0 Å². The van der Waals surface area contributed by atoms with Crippen molar-refractivity contribution in [2.75, 3.05) is 14.2 Å². The summed E-state index contributed by atoms with van der Waals surface area (Å²) >= 11 is 0. The molecule has 1 rings (SSSR count). The van der Waals surface area contributed by atoms with Gasteiger partial charge in [0.15, 0.2) is 11.5 Å². The zero-order valence-corrected chi connectivity index (χ0v) is 10.4. The summed E-state index contributed by atoms with van der Waals surface area (Å²) in [5.74, 6) is 1.58. The summed E-state index contributed by atoms with van der Waals surface area (Å²) in [6.45, 7) is 5.97. The fraction of sp³-hybridized carbons (Fsp3) is 0.429. The molecule has 1 aromatic rings. The molecule has 0 N–H and O–H groups in total. The summed E-state index contributed by atoms with van der Waals surface area (Å²) < 4.78 is 10.5. The van der Waals surface area contributed by atoms with Crippen LogP contribution in [0.15, 0.2) is 30.4 Å². The lowest BCUT2D eigenvalue weighted by molar-refractivity contribution is 0.354. The summed E-state index contributed by atoms with van der Waals surface area (Å²) in [4.78, 5) is 0. The molecular formula is C14H20O2. The lowest BCUT2D eigenvalue weighted by Crippen LogP contribution is -1.93. The van der Waals surface area contributed by atoms with E-state index in [9.17, 15) is 0 Å². The summed E-state index contributed by atoms with van der Waals surface area (Å²) in [5.41, 5.74) is 2.51. The first-order valence-electron chi connectivity index (χ1n) is 5.52. The number of allylic oxidation sites excluding steroid dienone is 1. The standard InChI is InChI=1S/C14H20O2/c1-11(2)6-5-7-12-8-9-13(15-3)14(10-12)16-4/h8-10H,1,5-7H2,2-4H3. The highest BCUT2D eigenvalue weighted by molar-refractivity contribution is 5.42. The van der Waals surface area contributed by atoms with Gasteiger partial charge >= 0.3 is 0 Å². The molecule has 88 valence electrons. The molecule has 1 aromatic carbocycles. The van der Waals surface area contributed by atoms with Crippen molar-refractivity contribution >= 4 is 0 Å². The minimum Gasteiger partial charge on any atom is -0.493 e. The predicted molar refractivity (Wildman–Crippen MR) is 67.3 cm³/mol. The minimum atomic E-state index is 0.783. The lowest BCUT2D eigenvalue weighted by atomic mass is 10.1. The maximum atomic E-state index is 5.26. The highest BCUT2D eigenvalue weighted by Gasteiger charge is 2.04. The maximum Gasteiger partial charge on any atom is 0.160 e. The molecule has 0 spiro atoms. The van der Waals surface area contributed by atoms with Crippen LogP contribution in [-0.4, -0.2) is 14.2 Å². The van der Waals surface area contributed by atoms with Crippen LogP contribution in [0.25, 0.3) is 0 Å². The number of rotatable bonds is 6. The number of aryl methyl sites for hydroxylation is 1. The van der Waals surface area contributed by atoms with Crippen molar-refractivity contribution in [2.45, 2.75) is 26.2 Å². The fourth-order valence-electron chi connectivity index (χ4n) is 1.63. The van der Waals surface area contributed by atoms with Crippen molar-refractivity contribution < 1.29 is 9.47 Å². The third-order valence-corrected chi connectivity index (χ3v) is 2.52. The highest BCUT2D eigenvalue weighted by atomic mass is 16.5. The van der Waals surface area contributed by atoms with Gasteiger partial charge in [-0.1, -0.05) is 11.6 Å². The molecule has 16 heavy (non-hydrogen) atoms. The zero-order chi connectivity index (χ0) is 12.0. The molecule has 0 atom stereocenters. The molecular weight excluding hydrogens is 200 g/mol. The van der Waals surface area contributed by atoms with Crippen LogP contribution in [0.3, 0.4) is 0 Å². The van der Waals surface area contributed by atoms with Gasteiger partial charge in [-0.25, -0.2) is 0 Å². The van der Waals surface area contributed by atoms with Crippen molar-refractivity contribution in [3.63, 3.8) is 0 Å². The second-order valence-corrected chi connectivity index (χ2v) is 4.00. The average molecular weight is 220 g/mol. The van der Waals surface area contributed by atoms with E-state index in [2.05, 4.69) is 19.6 Å². The van der Waals surface area contributed by atoms with Crippen molar-refractivity contribution in [1.82, 2.24) is 0 Å². The van der Waals surface area contributed by atoms with E-state index in [1.165, 1.54) is 11.1 Å². The van der Waals surface area contributed by atoms with E-state index in [4.69, 9.17) is 9.47 Å². The zero-order valence-electron chi connectivity index (χ0n) is 10.4. The third-order valence-electron chi connectivity index (χ3n) is 2.52. The predicted octanol–water partition coefficient (Wildman–Crippen LogP) is 3.60. The van der Waals surface area contributed by atoms with Crippen molar-refractivity contribution in [3.8, 4) is 11.5 Å². The summed E-state index contributed by atoms with van der Waals surface area (Å²) in [6, 6.07) is 6.08. The molecule has 0 unspecified atom stereocenters. The van der Waals surface area contributed by atoms with Gasteiger partial charge in [0.05, 0.1) is 14.2 Å². The Morgan fingerprint density at radius 1 is 1.19 bits per heavy atom. The van der Waals surface area contributed by atoms with Gasteiger partial charge in [0.1, 0.15) is 0 Å². The smallest absolute Gasteiger partial charge is 0.160 e. The van der Waals surface area contributed by atoms with E-state index in [0.29, 0.717) is 0 Å². The van der Waals surface area contributed by atoms with Crippen LogP contribution in [-0.2, 0) is 6.42 Å². The van der Waals surface area contributed by atoms with Gasteiger partial charge in [-0.05, 0) is 43.9 Å². The number of hydrogen-bond acceptors (Lipinski definition) is 2. The van der Waals surface area contributed by atoms with Crippen LogP contribution in [0.1, 0.15) is 25.3 Å². The number of ether oxygens (including phenoxy) is 2. The van der Waals surface area contributed by atoms with Crippen LogP contribution in [0.5, 0.6) is 11.5 Å². The SMILES string of the molecule is C=C(C)CCCc1ccc(OC)c(OC)c1. The van der Waals surface area contributed by atoms with E-state index in [1.54, 1.807) is 14.2 Å². The number of hydrogen-bond donors (Lipinski definition) is 0. The van der Waals surface area contributed by atoms with Crippen molar-refractivity contribution in [3.05, 3.63) is 35.9 Å². The summed E-state index contributed by atoms with van der Waals surface area (Å²) in [5, 5.41) is 0. The molecule has 0 fully saturated rings. The van der Waals surface area contributed by atoms with Crippen LogP contribution in [0.4, 0.5) is 0 Å². The Hall–Kier alpha value is -1.44. The van der Waals surface area contributed by atoms with Crippen LogP contribution < -0.4 is 9.47 Å². The topological polar surface area (TPSA) is 18.5 Å². The quantitative estimate of drug-likeness (QED) is 0.682. The molecule has 0 amide bonds. The Kier molecular flexibility index (Phi) is 4.90. The Labute approximate surface area is 97.9 Å². The molecule has 2 nitrogen and oxygen atoms in total. The molecule has 0 aromatic heterocycles. The largest absolute Gasteiger partial charge is 0.493 e. The fourth-order valence-corrected chi connectivity index (χ4v) is 1.63. The van der Waals surface area contributed by atoms with Gasteiger partial charge in [-0.3, -0.25) is 0 Å². The first-order chi connectivity index (χ1) is 7.67. The number of methoxy groups -OCH3 is 2. The van der Waals surface area contributed by atoms with Gasteiger partial charge in [-0.2, -0.15) is 0 Å². The summed E-state index contributed by atoms with van der Waals surface area (Å²) in [6.07, 6.45) is 3.26. The summed E-state index contributed by atoms with van der Waals surface area (Å²) in [7, 11) is 3.31. The Bertz CT molecular complexity index is 356. The molecule has 2 heteroatoms. The monoisotopic (exact) mass is 220 g/mol. The second-order valence-electron chi connectivity index (χ2n) is 4.00. The molecule has 0 heterocycles. The van der Waals surface area contributed by atoms with Crippen LogP contribution in [0, 0.1) is 0 Å². The van der Waals surface area contributed by atoms with Crippen LogP contribution >= 0.6 is 0 Å². The van der Waals surface area contributed by atoms with E-state index >= 15 is 0 Å². The van der Waals surface area contributed by atoms with E-state index in [1.807, 2.05) is 12.1 Å². The third kappa shape index (κ3) is 3.61. The van der Waals surface area contributed by atoms with E-state index in [0.717, 1.165) is 30.8 Å². The molecule has 0 saturated heterocycles. The second kappa shape index (κ2) is 6.21. The Morgan fingerprint density at radius 3 is 2.44 bits per heavy atom. The van der Waals surface area contributed by atoms with Gasteiger partial charge in [0.2, 0.25) is 0 Å². The maximum absolute atomic E-state index is 5.26. The average Bonchev–Trinajstić information content (AvgIpc) is 2.28. The first kappa shape index (κ1) is 12.6. The molecule has 0 aliphatic carbocycles. The van der Waals surface area contributed by atoms with E-state index < -0.39 is 0 Å². The van der Waals surface area contributed by atoms with Crippen molar-refractivity contribution in [1.29, 1.82) is 0 Å². The van der Waals surface area contributed by atoms with Gasteiger partial charge in [0, 0.05) is 0 Å². The first-order valence-corrected chi connectivity index (χ1v) is 5.52. The molecule has 0 aliphatic rings. The van der Waals surface area contributed by atoms with Gasteiger partial charge < -0.3 is 9.47 Å². The van der Waals surface area contributed by atoms with Crippen LogP contribution in [0.2, 0.25) is 0 Å². The highest BCUT2D eigenvalue weighted by Crippen LogP contribution is 2.28. The molecule has 0 aliphatic heterocycles. The Balaban J connectivity index is 2.64. The van der Waals surface area contributed by atoms with E-state index in [-0.39, 0.29) is 0 Å².